The van der Waals surface area contributed by atoms with Crippen LogP contribution in [-0.2, 0) is 9.53 Å². The molecule has 1 atom stereocenters. The smallest absolute Gasteiger partial charge is 0.250 e. The highest BCUT2D eigenvalue weighted by Crippen LogP contribution is 2.25. The van der Waals surface area contributed by atoms with Crippen LogP contribution >= 0.6 is 24.8 Å². The third-order valence-corrected chi connectivity index (χ3v) is 2.96. The number of hydrogen-bond acceptors (Lipinski definition) is 4. The van der Waals surface area contributed by atoms with Crippen molar-refractivity contribution in [1.82, 2.24) is 10.2 Å². The van der Waals surface area contributed by atoms with Crippen LogP contribution in [0.25, 0.3) is 0 Å². The summed E-state index contributed by atoms with van der Waals surface area (Å²) in [5, 5.41) is 2.85. The first-order valence-electron chi connectivity index (χ1n) is 5.97. The molecule has 7 heteroatoms. The molecule has 0 spiro atoms. The second-order valence-corrected chi connectivity index (χ2v) is 4.11. The molecule has 1 unspecified atom stereocenters. The highest BCUT2D eigenvalue weighted by atomic mass is 35.5. The van der Waals surface area contributed by atoms with Gasteiger partial charge in [-0.2, -0.15) is 0 Å². The number of nitrogens with zero attached hydrogens (tertiary/aromatic N) is 1. The molecule has 0 saturated heterocycles. The van der Waals surface area contributed by atoms with Crippen molar-refractivity contribution in [3.63, 3.8) is 0 Å². The molecule has 3 N–H and O–H groups in total. The van der Waals surface area contributed by atoms with Gasteiger partial charge < -0.3 is 15.8 Å². The molecular formula is C11H25Cl2N3O2. The minimum atomic E-state index is -0.518. The number of carbonyl (C=O) groups is 1. The number of rotatable bonds is 8. The highest BCUT2D eigenvalue weighted by molar-refractivity contribution is 5.85. The Balaban J connectivity index is 0. The van der Waals surface area contributed by atoms with Crippen molar-refractivity contribution in [3.8, 4) is 0 Å². The van der Waals surface area contributed by atoms with Gasteiger partial charge in [-0.15, -0.1) is 24.8 Å². The quantitative estimate of drug-likeness (QED) is 0.681. The van der Waals surface area contributed by atoms with E-state index in [2.05, 4.69) is 17.1 Å². The average molecular weight is 302 g/mol. The van der Waals surface area contributed by atoms with Gasteiger partial charge in [0.15, 0.2) is 0 Å². The summed E-state index contributed by atoms with van der Waals surface area (Å²) in [6.07, 6.45) is 2.08. The number of carbonyl (C=O) groups excluding carboxylic acids is 1. The Morgan fingerprint density at radius 2 is 2.11 bits per heavy atom. The van der Waals surface area contributed by atoms with Crippen LogP contribution in [-0.4, -0.2) is 56.2 Å². The van der Waals surface area contributed by atoms with E-state index in [1.807, 2.05) is 0 Å². The molecule has 1 saturated carbocycles. The van der Waals surface area contributed by atoms with Crippen LogP contribution in [0.1, 0.15) is 19.8 Å². The average Bonchev–Trinajstić information content (AvgIpc) is 3.10. The zero-order valence-corrected chi connectivity index (χ0v) is 12.7. The standard InChI is InChI=1S/C11H23N3O2.2ClH/c1-3-14(9-4-5-9)7-6-13-11(15)10(8-12)16-2;;/h9-10H,3-8,12H2,1-2H3,(H,13,15);2*1H. The Labute approximate surface area is 122 Å². The maximum Gasteiger partial charge on any atom is 0.250 e. The van der Waals surface area contributed by atoms with Crippen molar-refractivity contribution < 1.29 is 9.53 Å². The Morgan fingerprint density at radius 1 is 1.50 bits per heavy atom. The molecule has 0 aromatic rings. The first-order chi connectivity index (χ1) is 7.72. The zero-order valence-electron chi connectivity index (χ0n) is 11.1. The van der Waals surface area contributed by atoms with Gasteiger partial charge in [0.1, 0.15) is 6.10 Å². The molecule has 0 aliphatic heterocycles. The number of nitrogens with one attached hydrogen (secondary N) is 1. The van der Waals surface area contributed by atoms with Crippen molar-refractivity contribution in [2.45, 2.75) is 31.9 Å². The molecule has 18 heavy (non-hydrogen) atoms. The Morgan fingerprint density at radius 3 is 2.50 bits per heavy atom. The fourth-order valence-corrected chi connectivity index (χ4v) is 1.79. The molecule has 1 amide bonds. The van der Waals surface area contributed by atoms with Gasteiger partial charge in [0.2, 0.25) is 5.91 Å². The number of hydrogen-bond donors (Lipinski definition) is 2. The van der Waals surface area contributed by atoms with E-state index in [-0.39, 0.29) is 37.3 Å². The molecule has 1 rings (SSSR count). The van der Waals surface area contributed by atoms with E-state index in [1.54, 1.807) is 0 Å². The van der Waals surface area contributed by atoms with Crippen LogP contribution in [0.5, 0.6) is 0 Å². The van der Waals surface area contributed by atoms with Crippen LogP contribution in [0.15, 0.2) is 0 Å². The van der Waals surface area contributed by atoms with Gasteiger partial charge in [-0.25, -0.2) is 0 Å². The molecule has 0 radical (unpaired) electrons. The number of nitrogens with two attached hydrogens (primary N) is 1. The Bertz CT molecular complexity index is 224. The van der Waals surface area contributed by atoms with Gasteiger partial charge in [0.25, 0.3) is 0 Å². The molecule has 0 heterocycles. The third-order valence-electron chi connectivity index (χ3n) is 2.96. The lowest BCUT2D eigenvalue weighted by atomic mass is 10.3. The molecule has 0 aromatic heterocycles. The van der Waals surface area contributed by atoms with E-state index < -0.39 is 6.10 Å². The van der Waals surface area contributed by atoms with Crippen molar-refractivity contribution in [2.75, 3.05) is 33.3 Å². The lowest BCUT2D eigenvalue weighted by Crippen LogP contribution is -2.43. The van der Waals surface area contributed by atoms with E-state index in [9.17, 15) is 4.79 Å². The van der Waals surface area contributed by atoms with Gasteiger partial charge >= 0.3 is 0 Å². The number of methoxy groups -OCH3 is 1. The molecule has 110 valence electrons. The molecular weight excluding hydrogens is 277 g/mol. The van der Waals surface area contributed by atoms with Gasteiger partial charge in [-0.05, 0) is 19.4 Å². The van der Waals surface area contributed by atoms with Crippen LogP contribution in [0.4, 0.5) is 0 Å². The first-order valence-corrected chi connectivity index (χ1v) is 5.97. The number of amides is 1. The topological polar surface area (TPSA) is 67.6 Å². The summed E-state index contributed by atoms with van der Waals surface area (Å²) in [6, 6.07) is 0.745. The van der Waals surface area contributed by atoms with E-state index in [4.69, 9.17) is 10.5 Å². The summed E-state index contributed by atoms with van der Waals surface area (Å²) in [6.45, 7) is 5.00. The maximum absolute atomic E-state index is 11.5. The van der Waals surface area contributed by atoms with Crippen LogP contribution in [0, 0.1) is 0 Å². The van der Waals surface area contributed by atoms with Gasteiger partial charge in [-0.3, -0.25) is 9.69 Å². The lowest BCUT2D eigenvalue weighted by Gasteiger charge is -2.20. The molecule has 0 aromatic carbocycles. The minimum absolute atomic E-state index is 0. The van der Waals surface area contributed by atoms with Crippen molar-refractivity contribution >= 4 is 30.7 Å². The summed E-state index contributed by atoms with van der Waals surface area (Å²) in [5.74, 6) is -0.114. The normalized spacial score (nSPS) is 15.6. The van der Waals surface area contributed by atoms with E-state index in [1.165, 1.54) is 20.0 Å². The van der Waals surface area contributed by atoms with E-state index in [0.29, 0.717) is 6.54 Å². The largest absolute Gasteiger partial charge is 0.370 e. The number of halogens is 2. The zero-order chi connectivity index (χ0) is 12.0. The van der Waals surface area contributed by atoms with E-state index >= 15 is 0 Å². The summed E-state index contributed by atoms with van der Waals surface area (Å²) in [5.41, 5.74) is 5.40. The first kappa shape index (κ1) is 20.3. The van der Waals surface area contributed by atoms with Crippen molar-refractivity contribution in [3.05, 3.63) is 0 Å². The van der Waals surface area contributed by atoms with Gasteiger partial charge in [0.05, 0.1) is 0 Å². The number of ether oxygens (including phenoxy) is 1. The monoisotopic (exact) mass is 301 g/mol. The van der Waals surface area contributed by atoms with Crippen molar-refractivity contribution in [2.24, 2.45) is 5.73 Å². The van der Waals surface area contributed by atoms with E-state index in [0.717, 1.165) is 19.1 Å². The fourth-order valence-electron chi connectivity index (χ4n) is 1.79. The minimum Gasteiger partial charge on any atom is -0.370 e. The SMILES string of the molecule is CCN(CCNC(=O)C(CN)OC)C1CC1.Cl.Cl. The summed E-state index contributed by atoms with van der Waals surface area (Å²) in [7, 11) is 1.50. The molecule has 1 aliphatic rings. The predicted molar refractivity (Wildman–Crippen MR) is 77.6 cm³/mol. The Kier molecular flexibility index (Phi) is 12.2. The van der Waals surface area contributed by atoms with Crippen molar-refractivity contribution in [1.29, 1.82) is 0 Å². The van der Waals surface area contributed by atoms with Crippen LogP contribution < -0.4 is 11.1 Å². The molecule has 0 bridgehead atoms. The molecule has 1 aliphatic carbocycles. The predicted octanol–water partition coefficient (Wildman–Crippen LogP) is 0.404. The van der Waals surface area contributed by atoms with Gasteiger partial charge in [-0.1, -0.05) is 6.92 Å². The molecule has 5 nitrogen and oxygen atoms in total. The maximum atomic E-state index is 11.5. The third kappa shape index (κ3) is 6.75. The lowest BCUT2D eigenvalue weighted by molar-refractivity contribution is -0.130. The highest BCUT2D eigenvalue weighted by Gasteiger charge is 2.27. The Hall–Kier alpha value is -0.0700. The summed E-state index contributed by atoms with van der Waals surface area (Å²) >= 11 is 0. The summed E-state index contributed by atoms with van der Waals surface area (Å²) < 4.78 is 4.95. The van der Waals surface area contributed by atoms with Gasteiger partial charge in [0, 0.05) is 32.8 Å². The fraction of sp³-hybridized carbons (Fsp3) is 0.909. The second kappa shape index (κ2) is 10.8. The number of likely N-dealkylation sites (N-methyl/N-ethyl adjacent to an activating group) is 1. The second-order valence-electron chi connectivity index (χ2n) is 4.11. The van der Waals surface area contributed by atoms with Crippen LogP contribution in [0.2, 0.25) is 0 Å². The molecule has 1 fully saturated rings. The van der Waals surface area contributed by atoms with Crippen LogP contribution in [0.3, 0.4) is 0 Å². The summed E-state index contributed by atoms with van der Waals surface area (Å²) in [4.78, 5) is 13.9.